The van der Waals surface area contributed by atoms with Gasteiger partial charge < -0.3 is 20.9 Å². The fraction of sp³-hybridized carbons (Fsp3) is 0.130. The van der Waals surface area contributed by atoms with E-state index in [0.29, 0.717) is 22.6 Å². The van der Waals surface area contributed by atoms with E-state index in [4.69, 9.17) is 0 Å². The number of nitrogens with zero attached hydrogens (tertiary/aromatic N) is 1. The molecule has 8 heteroatoms. The van der Waals surface area contributed by atoms with E-state index in [-0.39, 0.29) is 18.3 Å². The largest absolute Gasteiger partial charge is 0.377 e. The molecule has 3 amide bonds. The Morgan fingerprint density at radius 2 is 1.52 bits per heavy atom. The molecule has 0 bridgehead atoms. The second kappa shape index (κ2) is 10.1. The normalized spacial score (nSPS) is 10.3. The average molecular weight is 485 g/mol. The lowest BCUT2D eigenvalue weighted by atomic mass is 10.1. The van der Waals surface area contributed by atoms with Crippen molar-refractivity contribution in [3.63, 3.8) is 0 Å². The van der Waals surface area contributed by atoms with Gasteiger partial charge in [-0.2, -0.15) is 0 Å². The quantitative estimate of drug-likeness (QED) is 0.448. The number of rotatable bonds is 6. The second-order valence-corrected chi connectivity index (χ2v) is 7.94. The number of amides is 3. The van der Waals surface area contributed by atoms with Crippen molar-refractivity contribution in [1.82, 2.24) is 5.32 Å². The number of carbonyl (C=O) groups excluding carboxylic acids is 2. The maximum Gasteiger partial charge on any atom is 0.323 e. The van der Waals surface area contributed by atoms with Gasteiger partial charge in [-0.15, -0.1) is 0 Å². The Balaban J connectivity index is 1.71. The van der Waals surface area contributed by atoms with Crippen LogP contribution in [0.15, 0.2) is 71.2 Å². The first-order valence-electron chi connectivity index (χ1n) is 9.49. The fourth-order valence-corrected chi connectivity index (χ4v) is 3.16. The third-order valence-electron chi connectivity index (χ3n) is 4.45. The van der Waals surface area contributed by atoms with Crippen molar-refractivity contribution in [1.29, 1.82) is 0 Å². The van der Waals surface area contributed by atoms with Gasteiger partial charge in [-0.05, 0) is 60.2 Å². The van der Waals surface area contributed by atoms with Crippen molar-refractivity contribution in [2.24, 2.45) is 0 Å². The van der Waals surface area contributed by atoms with Crippen molar-refractivity contribution in [3.05, 3.63) is 88.1 Å². The molecular weight excluding hydrogens is 463 g/mol. The van der Waals surface area contributed by atoms with Crippen LogP contribution in [0.5, 0.6) is 0 Å². The maximum absolute atomic E-state index is 13.1. The van der Waals surface area contributed by atoms with Gasteiger partial charge in [-0.25, -0.2) is 9.18 Å². The first-order chi connectivity index (χ1) is 14.8. The lowest BCUT2D eigenvalue weighted by Crippen LogP contribution is -2.26. The molecule has 0 saturated carbocycles. The van der Waals surface area contributed by atoms with Crippen LogP contribution in [-0.2, 0) is 6.54 Å². The Morgan fingerprint density at radius 1 is 0.903 bits per heavy atom. The van der Waals surface area contributed by atoms with Gasteiger partial charge in [0.15, 0.2) is 0 Å². The Labute approximate surface area is 188 Å². The van der Waals surface area contributed by atoms with E-state index in [1.54, 1.807) is 42.5 Å². The summed E-state index contributed by atoms with van der Waals surface area (Å²) < 4.78 is 14.0. The average Bonchev–Trinajstić information content (AvgIpc) is 2.74. The van der Waals surface area contributed by atoms with Gasteiger partial charge in [0.25, 0.3) is 5.91 Å². The molecule has 0 radical (unpaired) electrons. The van der Waals surface area contributed by atoms with Crippen molar-refractivity contribution in [2.75, 3.05) is 29.6 Å². The molecule has 31 heavy (non-hydrogen) atoms. The van der Waals surface area contributed by atoms with Gasteiger partial charge in [-0.3, -0.25) is 4.79 Å². The van der Waals surface area contributed by atoms with Crippen LogP contribution in [0, 0.1) is 5.82 Å². The van der Waals surface area contributed by atoms with Crippen LogP contribution < -0.4 is 20.9 Å². The van der Waals surface area contributed by atoms with Gasteiger partial charge >= 0.3 is 6.03 Å². The standard InChI is InChI=1S/C23H22BrFN4O2/c1-29(2)21-12-11-19(28-23(31)27-18-9-5-16(24)6-10-18)13-20(21)22(30)26-14-15-3-7-17(25)8-4-15/h3-13H,14H2,1-2H3,(H,26,30)(H2,27,28,31). The zero-order chi connectivity index (χ0) is 22.4. The van der Waals surface area contributed by atoms with E-state index in [9.17, 15) is 14.0 Å². The molecule has 0 aliphatic heterocycles. The van der Waals surface area contributed by atoms with E-state index in [1.807, 2.05) is 31.1 Å². The lowest BCUT2D eigenvalue weighted by molar-refractivity contribution is 0.0951. The second-order valence-electron chi connectivity index (χ2n) is 7.02. The SMILES string of the molecule is CN(C)c1ccc(NC(=O)Nc2ccc(Br)cc2)cc1C(=O)NCc1ccc(F)cc1. The van der Waals surface area contributed by atoms with Gasteiger partial charge in [-0.1, -0.05) is 28.1 Å². The van der Waals surface area contributed by atoms with Gasteiger partial charge in [0.05, 0.1) is 5.56 Å². The van der Waals surface area contributed by atoms with Gasteiger partial charge in [0, 0.05) is 42.2 Å². The molecule has 3 rings (SSSR count). The molecule has 0 aliphatic carbocycles. The third kappa shape index (κ3) is 6.29. The van der Waals surface area contributed by atoms with Crippen molar-refractivity contribution >= 4 is 44.9 Å². The summed E-state index contributed by atoms with van der Waals surface area (Å²) in [6, 6.07) is 17.8. The predicted octanol–water partition coefficient (Wildman–Crippen LogP) is 5.23. The van der Waals surface area contributed by atoms with E-state index in [2.05, 4.69) is 31.9 Å². The summed E-state index contributed by atoms with van der Waals surface area (Å²) in [6.07, 6.45) is 0. The third-order valence-corrected chi connectivity index (χ3v) is 4.98. The number of halogens is 2. The summed E-state index contributed by atoms with van der Waals surface area (Å²) in [6.45, 7) is 0.258. The summed E-state index contributed by atoms with van der Waals surface area (Å²) in [5.74, 6) is -0.629. The summed E-state index contributed by atoms with van der Waals surface area (Å²) in [5, 5.41) is 8.32. The highest BCUT2D eigenvalue weighted by Gasteiger charge is 2.15. The van der Waals surface area contributed by atoms with Crippen molar-refractivity contribution < 1.29 is 14.0 Å². The zero-order valence-corrected chi connectivity index (χ0v) is 18.7. The summed E-state index contributed by atoms with van der Waals surface area (Å²) >= 11 is 3.35. The van der Waals surface area contributed by atoms with Crippen LogP contribution in [0.25, 0.3) is 0 Å². The van der Waals surface area contributed by atoms with Crippen LogP contribution in [0.2, 0.25) is 0 Å². The van der Waals surface area contributed by atoms with E-state index < -0.39 is 6.03 Å². The van der Waals surface area contributed by atoms with Crippen molar-refractivity contribution in [3.8, 4) is 0 Å². The highest BCUT2D eigenvalue weighted by molar-refractivity contribution is 9.10. The molecule has 6 nitrogen and oxygen atoms in total. The molecule has 3 aromatic rings. The highest BCUT2D eigenvalue weighted by Crippen LogP contribution is 2.23. The Kier molecular flexibility index (Phi) is 7.25. The number of urea groups is 1. The van der Waals surface area contributed by atoms with Crippen LogP contribution >= 0.6 is 15.9 Å². The monoisotopic (exact) mass is 484 g/mol. The smallest absolute Gasteiger partial charge is 0.323 e. The van der Waals surface area contributed by atoms with Crippen molar-refractivity contribution in [2.45, 2.75) is 6.54 Å². The Bertz CT molecular complexity index is 1070. The van der Waals surface area contributed by atoms with E-state index in [1.165, 1.54) is 12.1 Å². The van der Waals surface area contributed by atoms with Gasteiger partial charge in [0.2, 0.25) is 0 Å². The minimum absolute atomic E-state index is 0.258. The topological polar surface area (TPSA) is 73.5 Å². The number of carbonyl (C=O) groups is 2. The molecule has 160 valence electrons. The van der Waals surface area contributed by atoms with Crippen LogP contribution in [0.4, 0.5) is 26.2 Å². The molecule has 0 unspecified atom stereocenters. The van der Waals surface area contributed by atoms with E-state index in [0.717, 1.165) is 10.0 Å². The first kappa shape index (κ1) is 22.3. The number of anilines is 3. The van der Waals surface area contributed by atoms with Crippen LogP contribution in [0.3, 0.4) is 0 Å². The number of hydrogen-bond donors (Lipinski definition) is 3. The van der Waals surface area contributed by atoms with Crippen LogP contribution in [-0.4, -0.2) is 26.0 Å². The maximum atomic E-state index is 13.1. The summed E-state index contributed by atoms with van der Waals surface area (Å²) in [7, 11) is 3.67. The molecule has 3 aromatic carbocycles. The molecule has 0 heterocycles. The molecular formula is C23H22BrFN4O2. The van der Waals surface area contributed by atoms with E-state index >= 15 is 0 Å². The summed E-state index contributed by atoms with van der Waals surface area (Å²) in [5.41, 5.74) is 3.02. The Morgan fingerprint density at radius 3 is 2.16 bits per heavy atom. The molecule has 0 aromatic heterocycles. The number of nitrogens with one attached hydrogen (secondary N) is 3. The Hall–Kier alpha value is -3.39. The highest BCUT2D eigenvalue weighted by atomic mass is 79.9. The lowest BCUT2D eigenvalue weighted by Gasteiger charge is -2.19. The molecule has 0 spiro atoms. The minimum atomic E-state index is -0.419. The number of benzene rings is 3. The van der Waals surface area contributed by atoms with Gasteiger partial charge in [0.1, 0.15) is 5.82 Å². The first-order valence-corrected chi connectivity index (χ1v) is 10.3. The zero-order valence-electron chi connectivity index (χ0n) is 17.1. The molecule has 0 fully saturated rings. The summed E-state index contributed by atoms with van der Waals surface area (Å²) in [4.78, 5) is 27.0. The number of hydrogen-bond acceptors (Lipinski definition) is 3. The van der Waals surface area contributed by atoms with Crippen LogP contribution in [0.1, 0.15) is 15.9 Å². The minimum Gasteiger partial charge on any atom is -0.377 e. The molecule has 0 atom stereocenters. The predicted molar refractivity (Wildman–Crippen MR) is 125 cm³/mol. The molecule has 3 N–H and O–H groups in total. The fourth-order valence-electron chi connectivity index (χ4n) is 2.89. The molecule has 0 aliphatic rings. The molecule has 0 saturated heterocycles.